The van der Waals surface area contributed by atoms with E-state index in [1.54, 1.807) is 11.0 Å². The summed E-state index contributed by atoms with van der Waals surface area (Å²) < 4.78 is 13.1. The fraction of sp³-hybridized carbons (Fsp3) is 0.500. The molecule has 6 heteroatoms. The van der Waals surface area contributed by atoms with Gasteiger partial charge in [-0.1, -0.05) is 17.7 Å². The maximum Gasteiger partial charge on any atom is 0.227 e. The van der Waals surface area contributed by atoms with E-state index in [1.165, 1.54) is 12.1 Å². The van der Waals surface area contributed by atoms with Gasteiger partial charge in [-0.05, 0) is 31.8 Å². The van der Waals surface area contributed by atoms with Crippen molar-refractivity contribution in [3.8, 4) is 0 Å². The minimum atomic E-state index is -0.536. The van der Waals surface area contributed by atoms with Gasteiger partial charge < -0.3 is 14.9 Å². The quantitative estimate of drug-likeness (QED) is 0.911. The van der Waals surface area contributed by atoms with Crippen molar-refractivity contribution >= 4 is 17.5 Å². The van der Waals surface area contributed by atoms with Crippen LogP contribution in [0.1, 0.15) is 5.56 Å². The summed E-state index contributed by atoms with van der Waals surface area (Å²) in [6, 6.07) is 4.22. The second-order valence-corrected chi connectivity index (χ2v) is 5.73. The van der Waals surface area contributed by atoms with Crippen LogP contribution < -0.4 is 0 Å². The maximum atomic E-state index is 13.1. The summed E-state index contributed by atoms with van der Waals surface area (Å²) in [4.78, 5) is 15.7. The van der Waals surface area contributed by atoms with E-state index in [1.807, 2.05) is 19.0 Å². The number of amides is 1. The first-order valence-electron chi connectivity index (χ1n) is 6.44. The van der Waals surface area contributed by atoms with Crippen molar-refractivity contribution in [2.75, 3.05) is 27.2 Å². The fourth-order valence-corrected chi connectivity index (χ4v) is 2.62. The molecule has 2 atom stereocenters. The lowest BCUT2D eigenvalue weighted by Crippen LogP contribution is -2.38. The number of likely N-dealkylation sites (tertiary alicyclic amines) is 1. The van der Waals surface area contributed by atoms with E-state index >= 15 is 0 Å². The smallest absolute Gasteiger partial charge is 0.227 e. The number of carbonyl (C=O) groups is 1. The molecule has 0 radical (unpaired) electrons. The second kappa shape index (κ2) is 6.08. The summed E-state index contributed by atoms with van der Waals surface area (Å²) in [5, 5.41) is 9.94. The molecule has 0 saturated carbocycles. The summed E-state index contributed by atoms with van der Waals surface area (Å²) in [6.45, 7) is 0.832. The summed E-state index contributed by atoms with van der Waals surface area (Å²) in [6.07, 6.45) is -0.377. The molecule has 4 nitrogen and oxygen atoms in total. The Morgan fingerprint density at radius 2 is 2.20 bits per heavy atom. The molecule has 0 unspecified atom stereocenters. The molecule has 0 aromatic heterocycles. The molecule has 110 valence electrons. The van der Waals surface area contributed by atoms with E-state index in [0.29, 0.717) is 18.7 Å². The third-order valence-electron chi connectivity index (χ3n) is 3.61. The zero-order chi connectivity index (χ0) is 14.9. The molecule has 0 bridgehead atoms. The number of carbonyl (C=O) groups excluding carboxylic acids is 1. The van der Waals surface area contributed by atoms with Crippen LogP contribution in [0.4, 0.5) is 4.39 Å². The molecule has 1 aromatic rings. The first-order valence-corrected chi connectivity index (χ1v) is 6.82. The Morgan fingerprint density at radius 3 is 2.75 bits per heavy atom. The first kappa shape index (κ1) is 15.2. The predicted octanol–water partition coefficient (Wildman–Crippen LogP) is 1.15. The first-order chi connectivity index (χ1) is 9.38. The molecule has 1 fully saturated rings. The number of aliphatic hydroxyl groups excluding tert-OH is 1. The third kappa shape index (κ3) is 3.29. The molecule has 1 N–H and O–H groups in total. The number of rotatable bonds is 3. The molecule has 1 aliphatic rings. The van der Waals surface area contributed by atoms with Gasteiger partial charge in [0.15, 0.2) is 0 Å². The van der Waals surface area contributed by atoms with Crippen molar-refractivity contribution in [2.45, 2.75) is 18.6 Å². The van der Waals surface area contributed by atoms with Gasteiger partial charge in [0, 0.05) is 13.1 Å². The molecule has 1 aromatic carbocycles. The van der Waals surface area contributed by atoms with Crippen LogP contribution in [0.15, 0.2) is 18.2 Å². The van der Waals surface area contributed by atoms with Gasteiger partial charge in [0.25, 0.3) is 0 Å². The molecule has 1 heterocycles. The molecule has 0 spiro atoms. The SMILES string of the molecule is CN(C)[C@@H]1CN(C(=O)Cc2ccc(F)c(Cl)c2)C[C@H]1O. The Morgan fingerprint density at radius 1 is 1.50 bits per heavy atom. The van der Waals surface area contributed by atoms with E-state index in [-0.39, 0.29) is 23.4 Å². The molecule has 1 saturated heterocycles. The zero-order valence-electron chi connectivity index (χ0n) is 11.5. The number of benzene rings is 1. The molecule has 1 amide bonds. The van der Waals surface area contributed by atoms with Crippen LogP contribution >= 0.6 is 11.6 Å². The molecule has 20 heavy (non-hydrogen) atoms. The molecular weight excluding hydrogens is 283 g/mol. The molecule has 2 rings (SSSR count). The minimum absolute atomic E-state index is 0.0166. The number of halogens is 2. The minimum Gasteiger partial charge on any atom is -0.390 e. The number of β-amino-alcohol motifs (C(OH)–C–C–N with tert-alkyl or cyclic N) is 1. The van der Waals surface area contributed by atoms with Crippen LogP contribution in [0.3, 0.4) is 0 Å². The van der Waals surface area contributed by atoms with Crippen molar-refractivity contribution in [2.24, 2.45) is 0 Å². The number of hydrogen-bond donors (Lipinski definition) is 1. The van der Waals surface area contributed by atoms with E-state index < -0.39 is 11.9 Å². The monoisotopic (exact) mass is 300 g/mol. The van der Waals surface area contributed by atoms with Gasteiger partial charge in [-0.2, -0.15) is 0 Å². The van der Waals surface area contributed by atoms with E-state index in [4.69, 9.17) is 11.6 Å². The Hall–Kier alpha value is -1.17. The lowest BCUT2D eigenvalue weighted by atomic mass is 10.1. The van der Waals surface area contributed by atoms with Crippen molar-refractivity contribution in [3.05, 3.63) is 34.6 Å². The van der Waals surface area contributed by atoms with Crippen LogP contribution in [0.25, 0.3) is 0 Å². The molecular formula is C14H18ClFN2O2. The Balaban J connectivity index is 2.00. The number of nitrogens with zero attached hydrogens (tertiary/aromatic N) is 2. The van der Waals surface area contributed by atoms with Crippen molar-refractivity contribution in [1.82, 2.24) is 9.80 Å². The Bertz CT molecular complexity index is 510. The van der Waals surface area contributed by atoms with E-state index in [0.717, 1.165) is 0 Å². The normalized spacial score (nSPS) is 22.6. The van der Waals surface area contributed by atoms with Crippen LogP contribution in [-0.4, -0.2) is 60.1 Å². The molecule has 0 aliphatic carbocycles. The van der Waals surface area contributed by atoms with Gasteiger partial charge in [0.2, 0.25) is 5.91 Å². The van der Waals surface area contributed by atoms with Crippen molar-refractivity contribution < 1.29 is 14.3 Å². The van der Waals surface area contributed by atoms with E-state index in [2.05, 4.69) is 0 Å². The summed E-state index contributed by atoms with van der Waals surface area (Å²) in [5.74, 6) is -0.580. The van der Waals surface area contributed by atoms with Gasteiger partial charge >= 0.3 is 0 Å². The number of likely N-dealkylation sites (N-methyl/N-ethyl adjacent to an activating group) is 1. The standard InChI is InChI=1S/C14H18ClFN2O2/c1-17(2)12-7-18(8-13(12)19)14(20)6-9-3-4-11(16)10(15)5-9/h3-5,12-13,19H,6-8H2,1-2H3/t12-,13-/m1/s1. The predicted molar refractivity (Wildman–Crippen MR) is 75.2 cm³/mol. The lowest BCUT2D eigenvalue weighted by molar-refractivity contribution is -0.129. The van der Waals surface area contributed by atoms with Crippen molar-refractivity contribution in [3.63, 3.8) is 0 Å². The highest BCUT2D eigenvalue weighted by Crippen LogP contribution is 2.19. The van der Waals surface area contributed by atoms with Crippen LogP contribution in [0, 0.1) is 5.82 Å². The average Bonchev–Trinajstić information content (AvgIpc) is 2.76. The average molecular weight is 301 g/mol. The second-order valence-electron chi connectivity index (χ2n) is 5.32. The Labute approximate surface area is 122 Å². The van der Waals surface area contributed by atoms with Crippen LogP contribution in [0.5, 0.6) is 0 Å². The number of aliphatic hydroxyl groups is 1. The van der Waals surface area contributed by atoms with Crippen LogP contribution in [0.2, 0.25) is 5.02 Å². The summed E-state index contributed by atoms with van der Waals surface area (Å²) in [7, 11) is 3.75. The summed E-state index contributed by atoms with van der Waals surface area (Å²) in [5.41, 5.74) is 0.671. The lowest BCUT2D eigenvalue weighted by Gasteiger charge is -2.21. The van der Waals surface area contributed by atoms with Crippen LogP contribution in [-0.2, 0) is 11.2 Å². The maximum absolute atomic E-state index is 13.1. The third-order valence-corrected chi connectivity index (χ3v) is 3.90. The van der Waals surface area contributed by atoms with Crippen molar-refractivity contribution in [1.29, 1.82) is 0 Å². The highest BCUT2D eigenvalue weighted by molar-refractivity contribution is 6.30. The molecule has 1 aliphatic heterocycles. The highest BCUT2D eigenvalue weighted by atomic mass is 35.5. The summed E-state index contributed by atoms with van der Waals surface area (Å²) >= 11 is 5.70. The zero-order valence-corrected chi connectivity index (χ0v) is 12.3. The Kier molecular flexibility index (Phi) is 4.62. The van der Waals surface area contributed by atoms with Gasteiger partial charge in [-0.25, -0.2) is 4.39 Å². The van der Waals surface area contributed by atoms with Gasteiger partial charge in [-0.15, -0.1) is 0 Å². The topological polar surface area (TPSA) is 43.8 Å². The number of hydrogen-bond acceptors (Lipinski definition) is 3. The largest absolute Gasteiger partial charge is 0.390 e. The van der Waals surface area contributed by atoms with E-state index in [9.17, 15) is 14.3 Å². The van der Waals surface area contributed by atoms with Gasteiger partial charge in [-0.3, -0.25) is 4.79 Å². The van der Waals surface area contributed by atoms with Gasteiger partial charge in [0.1, 0.15) is 5.82 Å². The fourth-order valence-electron chi connectivity index (χ4n) is 2.42. The highest BCUT2D eigenvalue weighted by Gasteiger charge is 2.34. The van der Waals surface area contributed by atoms with Gasteiger partial charge in [0.05, 0.1) is 23.6 Å².